The van der Waals surface area contributed by atoms with Crippen LogP contribution >= 0.6 is 15.9 Å². The quantitative estimate of drug-likeness (QED) is 0.800. The Morgan fingerprint density at radius 1 is 1.32 bits per heavy atom. The van der Waals surface area contributed by atoms with E-state index < -0.39 is 16.1 Å². The molecular formula is C11H16BrNO5S. The highest BCUT2D eigenvalue weighted by Crippen LogP contribution is 2.35. The molecule has 0 fully saturated rings. The fourth-order valence-corrected chi connectivity index (χ4v) is 3.68. The third kappa shape index (κ3) is 3.82. The third-order valence-electron chi connectivity index (χ3n) is 2.36. The van der Waals surface area contributed by atoms with Gasteiger partial charge in [-0.05, 0) is 28.9 Å². The Hall–Kier alpha value is -0.830. The number of nitrogens with one attached hydrogen (secondary N) is 1. The zero-order valence-corrected chi connectivity index (χ0v) is 13.2. The minimum atomic E-state index is -3.75. The van der Waals surface area contributed by atoms with Crippen molar-refractivity contribution in [1.82, 2.24) is 4.72 Å². The smallest absolute Gasteiger partial charge is 0.242 e. The summed E-state index contributed by atoms with van der Waals surface area (Å²) < 4.78 is 37.1. The maximum atomic E-state index is 12.1. The van der Waals surface area contributed by atoms with Crippen LogP contribution in [0.2, 0.25) is 0 Å². The van der Waals surface area contributed by atoms with Crippen molar-refractivity contribution in [2.75, 3.05) is 20.8 Å². The van der Waals surface area contributed by atoms with E-state index in [-0.39, 0.29) is 11.5 Å². The Morgan fingerprint density at radius 2 is 1.84 bits per heavy atom. The number of halogens is 1. The summed E-state index contributed by atoms with van der Waals surface area (Å²) in [5.74, 6) is 0.728. The molecule has 1 rings (SSSR count). The molecule has 1 aromatic rings. The number of rotatable bonds is 6. The van der Waals surface area contributed by atoms with Gasteiger partial charge < -0.3 is 14.6 Å². The van der Waals surface area contributed by atoms with Crippen LogP contribution in [0.3, 0.4) is 0 Å². The molecule has 0 aromatic heterocycles. The predicted octanol–water partition coefficient (Wildman–Crippen LogP) is 1.13. The standard InChI is InChI=1S/C11H16BrNO5S/c1-7(6-14)13-19(15,16)11-5-10(18-3)9(17-2)4-8(11)12/h4-5,7,13-14H,6H2,1-3H3. The van der Waals surface area contributed by atoms with Crippen LogP contribution in [0.5, 0.6) is 11.5 Å². The Bertz CT molecular complexity index is 546. The number of aliphatic hydroxyl groups is 1. The maximum Gasteiger partial charge on any atom is 0.242 e. The molecule has 0 radical (unpaired) electrons. The SMILES string of the molecule is COc1cc(Br)c(S(=O)(=O)NC(C)CO)cc1OC. The van der Waals surface area contributed by atoms with Crippen molar-refractivity contribution >= 4 is 26.0 Å². The minimum Gasteiger partial charge on any atom is -0.493 e. The van der Waals surface area contributed by atoms with E-state index in [2.05, 4.69) is 20.7 Å². The summed E-state index contributed by atoms with van der Waals surface area (Å²) >= 11 is 3.18. The molecule has 2 N–H and O–H groups in total. The lowest BCUT2D eigenvalue weighted by Crippen LogP contribution is -2.35. The van der Waals surface area contributed by atoms with Gasteiger partial charge in [-0.15, -0.1) is 0 Å². The van der Waals surface area contributed by atoms with Crippen LogP contribution in [0, 0.1) is 0 Å². The summed E-state index contributed by atoms with van der Waals surface area (Å²) in [6.07, 6.45) is 0. The van der Waals surface area contributed by atoms with E-state index in [0.29, 0.717) is 16.0 Å². The molecule has 108 valence electrons. The Morgan fingerprint density at radius 3 is 2.32 bits per heavy atom. The lowest BCUT2D eigenvalue weighted by molar-refractivity contribution is 0.265. The van der Waals surface area contributed by atoms with Gasteiger partial charge in [0.1, 0.15) is 4.90 Å². The van der Waals surface area contributed by atoms with Crippen molar-refractivity contribution in [3.63, 3.8) is 0 Å². The van der Waals surface area contributed by atoms with Crippen molar-refractivity contribution in [3.8, 4) is 11.5 Å². The van der Waals surface area contributed by atoms with Crippen LogP contribution in [0.1, 0.15) is 6.92 Å². The van der Waals surface area contributed by atoms with Gasteiger partial charge in [-0.25, -0.2) is 13.1 Å². The van der Waals surface area contributed by atoms with Crippen LogP contribution in [-0.4, -0.2) is 40.4 Å². The number of ether oxygens (including phenoxy) is 2. The van der Waals surface area contributed by atoms with Crippen LogP contribution in [0.15, 0.2) is 21.5 Å². The molecule has 1 aromatic carbocycles. The first-order valence-electron chi connectivity index (χ1n) is 5.40. The summed E-state index contributed by atoms with van der Waals surface area (Å²) in [4.78, 5) is 0.0189. The highest BCUT2D eigenvalue weighted by Gasteiger charge is 2.22. The van der Waals surface area contributed by atoms with Gasteiger partial charge in [0.05, 0.1) is 20.8 Å². The molecule has 1 unspecified atom stereocenters. The highest BCUT2D eigenvalue weighted by molar-refractivity contribution is 9.10. The predicted molar refractivity (Wildman–Crippen MR) is 74.1 cm³/mol. The zero-order chi connectivity index (χ0) is 14.6. The summed E-state index contributed by atoms with van der Waals surface area (Å²) in [5, 5.41) is 8.91. The van der Waals surface area contributed by atoms with Gasteiger partial charge in [0, 0.05) is 16.6 Å². The monoisotopic (exact) mass is 353 g/mol. The number of methoxy groups -OCH3 is 2. The molecule has 0 bridgehead atoms. The van der Waals surface area contributed by atoms with Crippen molar-refractivity contribution < 1.29 is 23.0 Å². The van der Waals surface area contributed by atoms with Crippen molar-refractivity contribution in [2.24, 2.45) is 0 Å². The maximum absolute atomic E-state index is 12.1. The van der Waals surface area contributed by atoms with Gasteiger partial charge in [-0.3, -0.25) is 0 Å². The fraction of sp³-hybridized carbons (Fsp3) is 0.455. The second-order valence-electron chi connectivity index (χ2n) is 3.84. The van der Waals surface area contributed by atoms with E-state index in [4.69, 9.17) is 14.6 Å². The number of benzene rings is 1. The van der Waals surface area contributed by atoms with Crippen molar-refractivity contribution in [3.05, 3.63) is 16.6 Å². The summed E-state index contributed by atoms with van der Waals surface area (Å²) in [6.45, 7) is 1.27. The van der Waals surface area contributed by atoms with Gasteiger partial charge >= 0.3 is 0 Å². The molecule has 0 saturated heterocycles. The van der Waals surface area contributed by atoms with Crippen LogP contribution in [0.4, 0.5) is 0 Å². The normalized spacial score (nSPS) is 13.1. The van der Waals surface area contributed by atoms with Crippen molar-refractivity contribution in [2.45, 2.75) is 17.9 Å². The van der Waals surface area contributed by atoms with E-state index in [1.807, 2.05) is 0 Å². The minimum absolute atomic E-state index is 0.0189. The molecular weight excluding hydrogens is 338 g/mol. The number of sulfonamides is 1. The highest BCUT2D eigenvalue weighted by atomic mass is 79.9. The van der Waals surface area contributed by atoms with Gasteiger partial charge in [-0.2, -0.15) is 0 Å². The molecule has 0 heterocycles. The van der Waals surface area contributed by atoms with Gasteiger partial charge in [0.25, 0.3) is 0 Å². The topological polar surface area (TPSA) is 84.9 Å². The van der Waals surface area contributed by atoms with E-state index in [0.717, 1.165) is 0 Å². The largest absolute Gasteiger partial charge is 0.493 e. The van der Waals surface area contributed by atoms with Gasteiger partial charge in [0.15, 0.2) is 11.5 Å². The fourth-order valence-electron chi connectivity index (χ4n) is 1.41. The van der Waals surface area contributed by atoms with Gasteiger partial charge in [0.2, 0.25) is 10.0 Å². The molecule has 8 heteroatoms. The Labute approximate surface area is 120 Å². The average molecular weight is 354 g/mol. The van der Waals surface area contributed by atoms with Crippen LogP contribution in [0.25, 0.3) is 0 Å². The Kier molecular flexibility index (Phi) is 5.60. The molecule has 19 heavy (non-hydrogen) atoms. The summed E-state index contributed by atoms with van der Waals surface area (Å²) in [6, 6.07) is 2.29. The molecule has 0 amide bonds. The number of aliphatic hydroxyl groups excluding tert-OH is 1. The second kappa shape index (κ2) is 6.56. The average Bonchev–Trinajstić information content (AvgIpc) is 2.37. The molecule has 0 aliphatic carbocycles. The lowest BCUT2D eigenvalue weighted by Gasteiger charge is -2.15. The first-order chi connectivity index (χ1) is 8.85. The van der Waals surface area contributed by atoms with E-state index in [1.165, 1.54) is 26.4 Å². The van der Waals surface area contributed by atoms with Gasteiger partial charge in [-0.1, -0.05) is 0 Å². The first-order valence-corrected chi connectivity index (χ1v) is 7.68. The molecule has 0 saturated carbocycles. The number of hydrogen-bond acceptors (Lipinski definition) is 5. The first kappa shape index (κ1) is 16.2. The van der Waals surface area contributed by atoms with Crippen molar-refractivity contribution in [1.29, 1.82) is 0 Å². The molecule has 0 aliphatic rings. The molecule has 6 nitrogen and oxygen atoms in total. The van der Waals surface area contributed by atoms with E-state index >= 15 is 0 Å². The van der Waals surface area contributed by atoms with Crippen LogP contribution in [-0.2, 0) is 10.0 Å². The molecule has 1 atom stereocenters. The summed E-state index contributed by atoms with van der Waals surface area (Å²) in [5.41, 5.74) is 0. The van der Waals surface area contributed by atoms with E-state index in [1.54, 1.807) is 6.92 Å². The zero-order valence-electron chi connectivity index (χ0n) is 10.8. The van der Waals surface area contributed by atoms with Crippen LogP contribution < -0.4 is 14.2 Å². The number of hydrogen-bond donors (Lipinski definition) is 2. The molecule has 0 spiro atoms. The summed E-state index contributed by atoms with van der Waals surface area (Å²) in [7, 11) is -0.867. The lowest BCUT2D eigenvalue weighted by atomic mass is 10.3. The van der Waals surface area contributed by atoms with E-state index in [9.17, 15) is 8.42 Å². The third-order valence-corrected chi connectivity index (χ3v) is 4.91. The second-order valence-corrected chi connectivity index (χ2v) is 6.38. The molecule has 0 aliphatic heterocycles. The Balaban J connectivity index is 3.27.